The number of rotatable bonds is 8. The molecule has 0 spiro atoms. The molecular weight excluding hydrogens is 855 g/mol. The zero-order chi connectivity index (χ0) is 44.2. The van der Waals surface area contributed by atoms with E-state index in [1.54, 1.807) is 0 Å². The molecule has 0 bridgehead atoms. The molecule has 12 rings (SSSR count). The molecule has 8 aromatic carbocycles. The highest BCUT2D eigenvalue weighted by Gasteiger charge is 2.54. The fourth-order valence-corrected chi connectivity index (χ4v) is 14.6. The second kappa shape index (κ2) is 15.8. The average Bonchev–Trinajstić information content (AvgIpc) is 3.40. The molecule has 2 unspecified atom stereocenters. The minimum absolute atomic E-state index is 0.112. The first-order valence-electron chi connectivity index (χ1n) is 21.4. The standard InChI is InChI=1S/C54H36N8O2P2/c63-65(53-57-49(37-21-7-1-8-22-37)55-50(58-53)38-23-9-2-10-24-38)45-35-19-34-44-47(45)48-43(61(65)41-29-15-5-16-30-41)33-20-36-46(48)66(64,62(44)42-31-17-6-18-32-42)54-59-51(39-25-11-3-12-26-39)56-52(60-54)40-27-13-4-14-28-40/h1-36H. The maximum Gasteiger partial charge on any atom is 0.270 e. The summed E-state index contributed by atoms with van der Waals surface area (Å²) in [5, 5.41) is 0.983. The van der Waals surface area contributed by atoms with E-state index < -0.39 is 14.6 Å². The Morgan fingerprint density at radius 1 is 0.288 bits per heavy atom. The number of para-hydroxylation sites is 2. The lowest BCUT2D eigenvalue weighted by Gasteiger charge is -2.46. The molecule has 0 fully saturated rings. The van der Waals surface area contributed by atoms with E-state index in [0.717, 1.165) is 22.3 Å². The van der Waals surface area contributed by atoms with Crippen LogP contribution in [-0.2, 0) is 9.13 Å². The summed E-state index contributed by atoms with van der Waals surface area (Å²) in [5.41, 5.74) is 7.02. The van der Waals surface area contributed by atoms with Gasteiger partial charge in [-0.05, 0) is 48.5 Å². The van der Waals surface area contributed by atoms with Crippen molar-refractivity contribution in [3.63, 3.8) is 0 Å². The van der Waals surface area contributed by atoms with Crippen molar-refractivity contribution in [1.82, 2.24) is 29.9 Å². The molecule has 314 valence electrons. The van der Waals surface area contributed by atoms with Gasteiger partial charge in [0.25, 0.3) is 14.6 Å². The predicted octanol–water partition coefficient (Wildman–Crippen LogP) is 11.2. The molecule has 12 heteroatoms. The van der Waals surface area contributed by atoms with Gasteiger partial charge in [-0.15, -0.1) is 0 Å². The normalized spacial score (nSPS) is 17.0. The van der Waals surface area contributed by atoms with Gasteiger partial charge in [0.2, 0.25) is 11.1 Å². The monoisotopic (exact) mass is 890 g/mol. The van der Waals surface area contributed by atoms with Gasteiger partial charge in [-0.1, -0.05) is 170 Å². The molecule has 0 amide bonds. The Hall–Kier alpha value is -8.16. The van der Waals surface area contributed by atoms with Gasteiger partial charge in [0.1, 0.15) is 0 Å². The number of hydrogen-bond donors (Lipinski definition) is 0. The first kappa shape index (κ1) is 39.4. The number of nitrogens with zero attached hydrogens (tertiary/aromatic N) is 8. The summed E-state index contributed by atoms with van der Waals surface area (Å²) in [5.74, 6) is 1.56. The Kier molecular flexibility index (Phi) is 9.45. The van der Waals surface area contributed by atoms with Gasteiger partial charge < -0.3 is 0 Å². The van der Waals surface area contributed by atoms with Crippen LogP contribution in [0.2, 0.25) is 0 Å². The van der Waals surface area contributed by atoms with E-state index in [1.807, 2.05) is 228 Å². The van der Waals surface area contributed by atoms with Gasteiger partial charge in [-0.2, -0.15) is 0 Å². The Balaban J connectivity index is 1.19. The molecule has 66 heavy (non-hydrogen) atoms. The van der Waals surface area contributed by atoms with Gasteiger partial charge in [0.05, 0.1) is 11.4 Å². The van der Waals surface area contributed by atoms with Crippen molar-refractivity contribution in [2.75, 3.05) is 9.34 Å². The minimum Gasteiger partial charge on any atom is -0.286 e. The average molecular weight is 891 g/mol. The molecule has 4 heterocycles. The van der Waals surface area contributed by atoms with E-state index >= 15 is 9.13 Å². The molecule has 0 saturated heterocycles. The van der Waals surface area contributed by atoms with Crippen molar-refractivity contribution in [2.24, 2.45) is 0 Å². The van der Waals surface area contributed by atoms with E-state index in [1.165, 1.54) is 0 Å². The summed E-state index contributed by atoms with van der Waals surface area (Å²) in [6.45, 7) is 0. The number of hydrogen-bond acceptors (Lipinski definition) is 8. The van der Waals surface area contributed by atoms with E-state index in [9.17, 15) is 0 Å². The topological polar surface area (TPSA) is 118 Å². The SMILES string of the molecule is O=P1(c2nc(-c3ccccc3)nc(-c3ccccc3)n2)c2cccc3c2-c2c(cccc2P(=O)(c2nc(-c4ccccc4)nc(-c4ccccc4)n2)N3c2ccccc2)N1c1ccccc1. The Morgan fingerprint density at radius 3 is 0.848 bits per heavy atom. The van der Waals surface area contributed by atoms with Crippen LogP contribution in [0.1, 0.15) is 0 Å². The van der Waals surface area contributed by atoms with Gasteiger partial charge >= 0.3 is 0 Å². The maximum absolute atomic E-state index is 17.3. The summed E-state index contributed by atoms with van der Waals surface area (Å²) in [6, 6.07) is 69.4. The number of anilines is 4. The van der Waals surface area contributed by atoms with Crippen LogP contribution in [0.4, 0.5) is 22.7 Å². The van der Waals surface area contributed by atoms with E-state index in [2.05, 4.69) is 0 Å². The fourth-order valence-electron chi connectivity index (χ4n) is 8.95. The van der Waals surface area contributed by atoms with Crippen LogP contribution < -0.4 is 31.1 Å². The van der Waals surface area contributed by atoms with Crippen molar-refractivity contribution in [2.45, 2.75) is 0 Å². The van der Waals surface area contributed by atoms with Crippen molar-refractivity contribution >= 4 is 59.1 Å². The lowest BCUT2D eigenvalue weighted by atomic mass is 10.00. The molecule has 0 aliphatic carbocycles. The largest absolute Gasteiger partial charge is 0.286 e. The molecular formula is C54H36N8O2P2. The second-order valence-corrected chi connectivity index (χ2v) is 20.7. The molecule has 2 atom stereocenters. The molecule has 2 aliphatic heterocycles. The fraction of sp³-hybridized carbons (Fsp3) is 0. The second-order valence-electron chi connectivity index (χ2n) is 15.8. The van der Waals surface area contributed by atoms with Gasteiger partial charge in [0, 0.05) is 55.4 Å². The van der Waals surface area contributed by atoms with Crippen molar-refractivity contribution in [1.29, 1.82) is 0 Å². The van der Waals surface area contributed by atoms with Crippen molar-refractivity contribution in [3.8, 4) is 56.7 Å². The van der Waals surface area contributed by atoms with Crippen LogP contribution in [0.3, 0.4) is 0 Å². The molecule has 2 aliphatic rings. The van der Waals surface area contributed by atoms with Crippen LogP contribution in [-0.4, -0.2) is 29.9 Å². The number of aromatic nitrogens is 6. The van der Waals surface area contributed by atoms with Crippen LogP contribution in [0.15, 0.2) is 218 Å². The van der Waals surface area contributed by atoms with Crippen molar-refractivity contribution < 1.29 is 9.13 Å². The van der Waals surface area contributed by atoms with Gasteiger partial charge in [-0.3, -0.25) is 18.5 Å². The predicted molar refractivity (Wildman–Crippen MR) is 264 cm³/mol. The van der Waals surface area contributed by atoms with Crippen LogP contribution in [0.5, 0.6) is 0 Å². The highest BCUT2D eigenvalue weighted by Crippen LogP contribution is 2.68. The quantitative estimate of drug-likeness (QED) is 0.136. The lowest BCUT2D eigenvalue weighted by molar-refractivity contribution is 0.583. The first-order chi connectivity index (χ1) is 32.5. The molecule has 0 radical (unpaired) electrons. The van der Waals surface area contributed by atoms with Gasteiger partial charge in [0.15, 0.2) is 23.3 Å². The van der Waals surface area contributed by atoms with Gasteiger partial charge in [-0.25, -0.2) is 29.9 Å². The van der Waals surface area contributed by atoms with Crippen LogP contribution >= 0.6 is 14.6 Å². The van der Waals surface area contributed by atoms with E-state index in [0.29, 0.717) is 67.8 Å². The Bertz CT molecular complexity index is 3200. The molecule has 0 N–H and O–H groups in total. The third-order valence-electron chi connectivity index (χ3n) is 11.9. The van der Waals surface area contributed by atoms with Crippen molar-refractivity contribution in [3.05, 3.63) is 218 Å². The third-order valence-corrected chi connectivity index (χ3v) is 17.4. The van der Waals surface area contributed by atoms with Crippen LogP contribution in [0.25, 0.3) is 56.7 Å². The van der Waals surface area contributed by atoms with E-state index in [4.69, 9.17) is 29.9 Å². The molecule has 0 saturated carbocycles. The minimum atomic E-state index is -4.14. The zero-order valence-corrected chi connectivity index (χ0v) is 36.9. The highest BCUT2D eigenvalue weighted by atomic mass is 31.2. The number of benzene rings is 8. The highest BCUT2D eigenvalue weighted by molar-refractivity contribution is 7.82. The smallest absolute Gasteiger partial charge is 0.270 e. The Labute approximate surface area is 380 Å². The third kappa shape index (κ3) is 6.26. The Morgan fingerprint density at radius 2 is 0.561 bits per heavy atom. The van der Waals surface area contributed by atoms with E-state index in [-0.39, 0.29) is 11.1 Å². The first-order valence-corrected chi connectivity index (χ1v) is 24.8. The summed E-state index contributed by atoms with van der Waals surface area (Å²) in [6.07, 6.45) is 0. The molecule has 2 aromatic heterocycles. The van der Waals surface area contributed by atoms with Crippen LogP contribution in [0, 0.1) is 0 Å². The zero-order valence-electron chi connectivity index (χ0n) is 35.1. The maximum atomic E-state index is 17.3. The lowest BCUT2D eigenvalue weighted by Crippen LogP contribution is -2.43. The summed E-state index contributed by atoms with van der Waals surface area (Å²) >= 11 is 0. The summed E-state index contributed by atoms with van der Waals surface area (Å²) in [7, 11) is -8.28. The molecule has 10 nitrogen and oxygen atoms in total. The summed E-state index contributed by atoms with van der Waals surface area (Å²) in [4.78, 5) is 30.6. The molecule has 10 aromatic rings. The summed E-state index contributed by atoms with van der Waals surface area (Å²) < 4.78 is 38.4.